The van der Waals surface area contributed by atoms with E-state index in [-0.39, 0.29) is 94.7 Å². The molecule has 2 N–H and O–H groups in total. The fraction of sp³-hybridized carbons (Fsp3) is 0.377. The van der Waals surface area contributed by atoms with Crippen LogP contribution in [0.1, 0.15) is 194 Å². The number of rotatable bonds is 38. The van der Waals surface area contributed by atoms with Crippen molar-refractivity contribution in [2.75, 3.05) is 72.3 Å². The first-order valence-corrected chi connectivity index (χ1v) is 52.2. The van der Waals surface area contributed by atoms with Crippen LogP contribution in [0.25, 0.3) is 43.1 Å². The minimum atomic E-state index is -4.32. The van der Waals surface area contributed by atoms with Gasteiger partial charge in [0.05, 0.1) is 72.4 Å². The topological polar surface area (TPSA) is 350 Å². The van der Waals surface area contributed by atoms with Crippen LogP contribution in [0.15, 0.2) is 254 Å². The number of aliphatic carboxylic acids is 2. The summed E-state index contributed by atoms with van der Waals surface area (Å²) < 4.78 is 143. The Morgan fingerprint density at radius 1 is 0.489 bits per heavy atom. The molecule has 24 nitrogen and oxygen atoms in total. The van der Waals surface area contributed by atoms with Crippen molar-refractivity contribution in [3.8, 4) is 11.5 Å². The maximum atomic E-state index is 12.1. The van der Waals surface area contributed by atoms with Crippen molar-refractivity contribution in [2.45, 2.75) is 194 Å². The Morgan fingerprint density at radius 2 is 0.933 bits per heavy atom. The zero-order valence-electron chi connectivity index (χ0n) is 79.2. The van der Waals surface area contributed by atoms with Gasteiger partial charge in [0.15, 0.2) is 11.4 Å². The molecule has 14 rings (SSSR count). The predicted octanol–water partition coefficient (Wildman–Crippen LogP) is 18.0. The molecule has 0 radical (unpaired) electrons. The smallest absolute Gasteiger partial charge is 0.748 e. The number of carbonyl (C=O) groups is 3. The molecule has 1 fully saturated rings. The molecule has 0 aliphatic carbocycles. The first-order valence-electron chi connectivity index (χ1n) is 45.9. The van der Waals surface area contributed by atoms with E-state index in [1.54, 1.807) is 11.1 Å². The number of aliphatic imine (C=N–C) groups is 1. The van der Waals surface area contributed by atoms with Crippen molar-refractivity contribution in [1.82, 2.24) is 0 Å². The maximum Gasteiger partial charge on any atom is 1.00 e. The molecule has 9 aromatic rings. The third-order valence-electron chi connectivity index (χ3n) is 25.0. The van der Waals surface area contributed by atoms with Gasteiger partial charge in [-0.05, 0) is 239 Å². The van der Waals surface area contributed by atoms with Crippen LogP contribution in [0, 0.1) is 0 Å². The van der Waals surface area contributed by atoms with Gasteiger partial charge in [-0.15, -0.1) is 0 Å². The van der Waals surface area contributed by atoms with E-state index in [0.717, 1.165) is 123 Å². The summed E-state index contributed by atoms with van der Waals surface area (Å²) in [5.41, 5.74) is 13.1. The molecule has 29 heteroatoms. The van der Waals surface area contributed by atoms with Crippen LogP contribution < -0.4 is 48.8 Å². The van der Waals surface area contributed by atoms with Gasteiger partial charge in [0.2, 0.25) is 17.3 Å². The largest absolute Gasteiger partial charge is 1.00 e. The van der Waals surface area contributed by atoms with Gasteiger partial charge in [0.25, 0.3) is 10.1 Å². The minimum absolute atomic E-state index is 0. The molecule has 712 valence electrons. The van der Waals surface area contributed by atoms with Gasteiger partial charge in [0, 0.05) is 132 Å². The SMILES string of the molecule is CC(=O)N(/C=C/C=C/C=C/C1=[N+](CCCCS(=O)(=O)[O-])c2ccc3ccccc3c2C1(C)C)c1ccccc1.CC1(C)C(=CC=CC=CC=CC2=[N+](CCCCS(=O)(=O)[O-])c3ccc4ccc(OCCCCCC(=O)O)cc4c3C2(C)C)N(CCCCS(=O)(=O)[O-])c2ccc3ccccc3c21.CC1=Nc2ccc3ccc(OCCCCCC(=O)O)cc3c2C1(C)C.O=S1(=O)CCCCO1.[Na+]. The van der Waals surface area contributed by atoms with E-state index in [9.17, 15) is 61.7 Å². The fourth-order valence-electron chi connectivity index (χ4n) is 18.2. The average Bonchev–Trinajstić information content (AvgIpc) is 1.58. The van der Waals surface area contributed by atoms with Crippen molar-refractivity contribution >= 4 is 147 Å². The van der Waals surface area contributed by atoms with Crippen molar-refractivity contribution < 1.29 is 124 Å². The van der Waals surface area contributed by atoms with Crippen LogP contribution >= 0.6 is 0 Å². The summed E-state index contributed by atoms with van der Waals surface area (Å²) in [4.78, 5) is 42.0. The van der Waals surface area contributed by atoms with Crippen LogP contribution in [0.3, 0.4) is 0 Å². The van der Waals surface area contributed by atoms with Crippen LogP contribution in [-0.2, 0) is 80.7 Å². The number of ether oxygens (including phenoxy) is 2. The molecule has 0 bridgehead atoms. The predicted molar refractivity (Wildman–Crippen MR) is 534 cm³/mol. The Bertz CT molecular complexity index is 6620. The van der Waals surface area contributed by atoms with Gasteiger partial charge in [0.1, 0.15) is 24.6 Å². The number of nitrogens with zero attached hydrogens (tertiary/aromatic N) is 5. The fourth-order valence-corrected chi connectivity index (χ4v) is 20.9. The van der Waals surface area contributed by atoms with Crippen molar-refractivity contribution in [3.05, 3.63) is 271 Å². The second-order valence-electron chi connectivity index (χ2n) is 36.3. The molecular formula is C106H124N5NaO19S4. The average molecular weight is 1920 g/mol. The van der Waals surface area contributed by atoms with Gasteiger partial charge < -0.3 is 38.2 Å². The van der Waals surface area contributed by atoms with Crippen LogP contribution in [-0.4, -0.2) is 164 Å². The third-order valence-corrected chi connectivity index (χ3v) is 28.7. The summed E-state index contributed by atoms with van der Waals surface area (Å²) in [5, 5.41) is 26.8. The molecule has 0 spiro atoms. The molecule has 1 saturated heterocycles. The number of para-hydroxylation sites is 1. The Kier molecular flexibility index (Phi) is 37.6. The summed E-state index contributed by atoms with van der Waals surface area (Å²) in [6.45, 7) is 24.4. The number of benzene rings is 9. The number of anilines is 2. The van der Waals surface area contributed by atoms with Crippen LogP contribution in [0.4, 0.5) is 28.4 Å². The van der Waals surface area contributed by atoms with Gasteiger partial charge >= 0.3 is 41.5 Å². The van der Waals surface area contributed by atoms with Gasteiger partial charge in [-0.2, -0.15) is 17.6 Å². The summed E-state index contributed by atoms with van der Waals surface area (Å²) >= 11 is 0. The second-order valence-corrected chi connectivity index (χ2v) is 42.6. The van der Waals surface area contributed by atoms with E-state index < -0.39 is 63.6 Å². The molecular weight excluding hydrogens is 1800 g/mol. The molecule has 0 saturated carbocycles. The molecule has 0 atom stereocenters. The number of allylic oxidation sites excluding steroid dienone is 13. The first-order chi connectivity index (χ1) is 63.6. The Morgan fingerprint density at radius 3 is 1.42 bits per heavy atom. The molecule has 1 amide bonds. The number of unbranched alkanes of at least 4 members (excludes halogenated alkanes) is 7. The zero-order chi connectivity index (χ0) is 96.8. The number of fused-ring (bicyclic) bond motifs is 12. The zero-order valence-corrected chi connectivity index (χ0v) is 84.4. The van der Waals surface area contributed by atoms with E-state index in [1.165, 1.54) is 50.5 Å². The standard InChI is InChI=1S/C49H58N2O9S2.C32H34N2O4S.C21H25NO3.C4H8O3S.Na/c1-48(2)43(50(30-14-17-33-61(54,55)56)41-28-25-36-19-12-13-20-39(36)46(41)48)21-9-6-5-7-10-22-44-49(3,4)47-40-35-38(60-32-16-8-11-23-45(52)53)27-24-37(40)26-29-42(47)51(44)31-15-18-34-62(57,58)59;1-25(35)33(27-16-7-6-8-17-27)22-12-5-4-9-19-30-32(2,3)31-28-18-11-10-15-26(28)20-21-29(31)34(30)23-13-14-24-39(36,37)38;1-14-21(2,3)20-17-13-16(25-12-6-4-5-7-19(23)24)10-8-15(17)9-11-18(20)22-14;5-8(6)4-2-1-3-7-8;/h5-7,9-10,12-13,19-22,24-29,35H,8,11,14-18,23,30-34H2,1-4H3,(H2-,52,53,54,55,56,57,58,59);4-12,15-22H,13-14,23-24H2,1-3H3;8-11,13H,4-7,12H2,1-3H3,(H,23,24);1-4H2;/q;;;;+1/p-1. The summed E-state index contributed by atoms with van der Waals surface area (Å²) in [6.07, 6.45) is 34.6. The molecule has 135 heavy (non-hydrogen) atoms. The quantitative estimate of drug-likeness (QED) is 0.00906. The number of hydrogen-bond acceptors (Lipinski definition) is 19. The molecule has 0 aromatic heterocycles. The van der Waals surface area contributed by atoms with Crippen molar-refractivity contribution in [3.63, 3.8) is 0 Å². The minimum Gasteiger partial charge on any atom is -0.748 e. The number of carboxylic acids is 2. The van der Waals surface area contributed by atoms with E-state index in [4.69, 9.17) is 24.7 Å². The van der Waals surface area contributed by atoms with Crippen molar-refractivity contribution in [2.24, 2.45) is 4.99 Å². The maximum absolute atomic E-state index is 12.1. The van der Waals surface area contributed by atoms with Gasteiger partial charge in [-0.25, -0.2) is 25.3 Å². The summed E-state index contributed by atoms with van der Waals surface area (Å²) in [7, 11) is -15.9. The first kappa shape index (κ1) is 107. The van der Waals surface area contributed by atoms with E-state index in [0.29, 0.717) is 78.0 Å². The molecule has 0 unspecified atom stereocenters. The number of amides is 1. The molecule has 5 aliphatic heterocycles. The number of hydrogen-bond donors (Lipinski definition) is 2. The number of carbonyl (C=O) groups excluding carboxylic acids is 1. The second kappa shape index (κ2) is 47.6. The number of carboxylic acid groups (broad SMARTS) is 2. The Balaban J connectivity index is 0.000000218. The van der Waals surface area contributed by atoms with E-state index >= 15 is 0 Å². The summed E-state index contributed by atoms with van der Waals surface area (Å²) in [5.74, 6) is -0.953. The van der Waals surface area contributed by atoms with Crippen LogP contribution in [0.2, 0.25) is 0 Å². The monoisotopic (exact) mass is 1920 g/mol. The van der Waals surface area contributed by atoms with Crippen molar-refractivity contribution in [1.29, 1.82) is 0 Å². The normalized spacial score (nSPS) is 16.5. The summed E-state index contributed by atoms with van der Waals surface area (Å²) in [6, 6.07) is 55.2. The van der Waals surface area contributed by atoms with E-state index in [2.05, 4.69) is 190 Å². The van der Waals surface area contributed by atoms with Gasteiger partial charge in [-0.3, -0.25) is 28.5 Å². The molecule has 9 aromatic carbocycles. The molecule has 5 heterocycles. The Labute approximate surface area is 818 Å². The third kappa shape index (κ3) is 28.7. The van der Waals surface area contributed by atoms with E-state index in [1.807, 2.05) is 127 Å². The van der Waals surface area contributed by atoms with Gasteiger partial charge in [-0.1, -0.05) is 167 Å². The Hall–Kier alpha value is -10.3. The van der Waals surface area contributed by atoms with Crippen LogP contribution in [0.5, 0.6) is 11.5 Å². The molecule has 5 aliphatic rings.